The van der Waals surface area contributed by atoms with Gasteiger partial charge in [0.2, 0.25) is 0 Å². The average Bonchev–Trinajstić information content (AvgIpc) is 2.42. The summed E-state index contributed by atoms with van der Waals surface area (Å²) in [6.07, 6.45) is 0.229. The largest absolute Gasteiger partial charge is 0.310 e. The second-order valence-corrected chi connectivity index (χ2v) is 5.97. The molecule has 1 atom stereocenters. The smallest absolute Gasteiger partial charge is 0.129 e. The third-order valence-corrected chi connectivity index (χ3v) is 4.18. The van der Waals surface area contributed by atoms with Crippen molar-refractivity contribution in [3.05, 3.63) is 68.7 Å². The first-order valence-corrected chi connectivity index (χ1v) is 7.81. The zero-order valence-corrected chi connectivity index (χ0v) is 13.8. The van der Waals surface area contributed by atoms with Gasteiger partial charge < -0.3 is 5.32 Å². The van der Waals surface area contributed by atoms with Crippen LogP contribution in [0.15, 0.2) is 40.9 Å². The standard InChI is InChI=1S/C16H15BrClF2N/c1-2-21-16(11-7-6-10(18)8-13(11)17)9-12-14(19)4-3-5-15(12)20/h3-8,16,21H,2,9H2,1H3. The summed E-state index contributed by atoms with van der Waals surface area (Å²) >= 11 is 9.40. The summed E-state index contributed by atoms with van der Waals surface area (Å²) in [6, 6.07) is 9.12. The van der Waals surface area contributed by atoms with E-state index in [1.807, 2.05) is 13.0 Å². The van der Waals surface area contributed by atoms with Crippen molar-refractivity contribution < 1.29 is 8.78 Å². The number of rotatable bonds is 5. The molecule has 112 valence electrons. The first-order valence-electron chi connectivity index (χ1n) is 6.64. The van der Waals surface area contributed by atoms with Crippen LogP contribution >= 0.6 is 27.5 Å². The van der Waals surface area contributed by atoms with Crippen LogP contribution < -0.4 is 5.32 Å². The van der Waals surface area contributed by atoms with Crippen molar-refractivity contribution >= 4 is 27.5 Å². The lowest BCUT2D eigenvalue weighted by Crippen LogP contribution is -2.24. The lowest BCUT2D eigenvalue weighted by molar-refractivity contribution is 0.498. The molecule has 0 radical (unpaired) electrons. The quantitative estimate of drug-likeness (QED) is 0.751. The fourth-order valence-electron chi connectivity index (χ4n) is 2.25. The van der Waals surface area contributed by atoms with Crippen LogP contribution in [-0.4, -0.2) is 6.54 Å². The van der Waals surface area contributed by atoms with Crippen LogP contribution in [0.3, 0.4) is 0 Å². The monoisotopic (exact) mass is 373 g/mol. The molecule has 0 amide bonds. The minimum Gasteiger partial charge on any atom is -0.310 e. The zero-order chi connectivity index (χ0) is 15.4. The Bertz CT molecular complexity index is 613. The molecule has 0 aliphatic carbocycles. The summed E-state index contributed by atoms with van der Waals surface area (Å²) in [4.78, 5) is 0. The highest BCUT2D eigenvalue weighted by Crippen LogP contribution is 2.30. The van der Waals surface area contributed by atoms with Crippen LogP contribution in [0.25, 0.3) is 0 Å². The Balaban J connectivity index is 2.35. The van der Waals surface area contributed by atoms with Crippen molar-refractivity contribution in [3.63, 3.8) is 0 Å². The Morgan fingerprint density at radius 2 is 1.86 bits per heavy atom. The van der Waals surface area contributed by atoms with E-state index in [1.165, 1.54) is 18.2 Å². The van der Waals surface area contributed by atoms with Crippen molar-refractivity contribution in [2.45, 2.75) is 19.4 Å². The minimum atomic E-state index is -0.525. The van der Waals surface area contributed by atoms with Crippen LogP contribution in [0.4, 0.5) is 8.78 Å². The molecule has 0 aromatic heterocycles. The Morgan fingerprint density at radius 3 is 2.43 bits per heavy atom. The molecule has 1 N–H and O–H groups in total. The molecule has 5 heteroatoms. The van der Waals surface area contributed by atoms with Crippen molar-refractivity contribution in [2.24, 2.45) is 0 Å². The molecule has 0 bridgehead atoms. The Morgan fingerprint density at radius 1 is 1.19 bits per heavy atom. The molecule has 1 nitrogen and oxygen atoms in total. The molecule has 0 aliphatic heterocycles. The summed E-state index contributed by atoms with van der Waals surface area (Å²) in [6.45, 7) is 2.64. The van der Waals surface area contributed by atoms with E-state index >= 15 is 0 Å². The lowest BCUT2D eigenvalue weighted by atomic mass is 9.98. The van der Waals surface area contributed by atoms with Gasteiger partial charge in [0, 0.05) is 21.1 Å². The number of benzene rings is 2. The van der Waals surface area contributed by atoms with Crippen LogP contribution in [0.1, 0.15) is 24.1 Å². The molecule has 2 aromatic carbocycles. The molecule has 0 saturated carbocycles. The predicted octanol–water partition coefficient (Wildman–Crippen LogP) is 5.27. The summed E-state index contributed by atoms with van der Waals surface area (Å²) < 4.78 is 28.5. The second-order valence-electron chi connectivity index (χ2n) is 4.68. The van der Waals surface area contributed by atoms with Crippen LogP contribution in [-0.2, 0) is 6.42 Å². The molecule has 0 saturated heterocycles. The zero-order valence-electron chi connectivity index (χ0n) is 11.5. The molecule has 0 heterocycles. The van der Waals surface area contributed by atoms with E-state index in [9.17, 15) is 8.78 Å². The van der Waals surface area contributed by atoms with Crippen LogP contribution in [0, 0.1) is 11.6 Å². The molecule has 1 unspecified atom stereocenters. The van der Waals surface area contributed by atoms with Crippen LogP contribution in [0.2, 0.25) is 5.02 Å². The van der Waals surface area contributed by atoms with Gasteiger partial charge in [0.05, 0.1) is 0 Å². The fourth-order valence-corrected chi connectivity index (χ4v) is 3.21. The van der Waals surface area contributed by atoms with Gasteiger partial charge >= 0.3 is 0 Å². The summed E-state index contributed by atoms with van der Waals surface area (Å²) in [5.41, 5.74) is 1.01. The number of hydrogen-bond acceptors (Lipinski definition) is 1. The highest BCUT2D eigenvalue weighted by atomic mass is 79.9. The molecule has 2 rings (SSSR count). The molecule has 21 heavy (non-hydrogen) atoms. The van der Waals surface area contributed by atoms with Gasteiger partial charge in [0.25, 0.3) is 0 Å². The van der Waals surface area contributed by atoms with E-state index < -0.39 is 11.6 Å². The van der Waals surface area contributed by atoms with E-state index in [-0.39, 0.29) is 18.0 Å². The lowest BCUT2D eigenvalue weighted by Gasteiger charge is -2.20. The molecule has 2 aromatic rings. The Hall–Kier alpha value is -0.970. The average molecular weight is 375 g/mol. The maximum absolute atomic E-state index is 13.8. The molecule has 0 fully saturated rings. The number of nitrogens with one attached hydrogen (secondary N) is 1. The first kappa shape index (κ1) is 16.4. The highest BCUT2D eigenvalue weighted by molar-refractivity contribution is 9.10. The van der Waals surface area contributed by atoms with Gasteiger partial charge in [0.15, 0.2) is 0 Å². The molecular formula is C16H15BrClF2N. The van der Waals surface area contributed by atoms with Crippen LogP contribution in [0.5, 0.6) is 0 Å². The van der Waals surface area contributed by atoms with E-state index in [0.29, 0.717) is 11.6 Å². The fraction of sp³-hybridized carbons (Fsp3) is 0.250. The van der Waals surface area contributed by atoms with Gasteiger partial charge in [-0.25, -0.2) is 8.78 Å². The topological polar surface area (TPSA) is 12.0 Å². The number of hydrogen-bond donors (Lipinski definition) is 1. The van der Waals surface area contributed by atoms with Crippen molar-refractivity contribution in [1.29, 1.82) is 0 Å². The Kier molecular flexibility index (Phi) is 5.73. The highest BCUT2D eigenvalue weighted by Gasteiger charge is 2.18. The van der Waals surface area contributed by atoms with Gasteiger partial charge in [-0.15, -0.1) is 0 Å². The van der Waals surface area contributed by atoms with Gasteiger partial charge in [-0.05, 0) is 42.8 Å². The maximum atomic E-state index is 13.8. The van der Waals surface area contributed by atoms with E-state index in [4.69, 9.17) is 11.6 Å². The second kappa shape index (κ2) is 7.34. The van der Waals surface area contributed by atoms with Gasteiger partial charge in [-0.1, -0.05) is 46.6 Å². The molecule has 0 aliphatic rings. The number of halogens is 4. The van der Waals surface area contributed by atoms with Gasteiger partial charge in [-0.3, -0.25) is 0 Å². The summed E-state index contributed by atoms with van der Waals surface area (Å²) in [7, 11) is 0. The molecule has 0 spiro atoms. The third-order valence-electron chi connectivity index (χ3n) is 3.26. The normalized spacial score (nSPS) is 12.4. The first-order chi connectivity index (χ1) is 10.0. The Labute approximate surface area is 136 Å². The summed E-state index contributed by atoms with van der Waals surface area (Å²) in [5.74, 6) is -1.05. The predicted molar refractivity (Wildman–Crippen MR) is 85.6 cm³/mol. The van der Waals surface area contributed by atoms with Crippen molar-refractivity contribution in [1.82, 2.24) is 5.32 Å². The van der Waals surface area contributed by atoms with E-state index in [2.05, 4.69) is 21.2 Å². The maximum Gasteiger partial charge on any atom is 0.129 e. The van der Waals surface area contributed by atoms with E-state index in [0.717, 1.165) is 10.0 Å². The third kappa shape index (κ3) is 4.02. The SMILES string of the molecule is CCNC(Cc1c(F)cccc1F)c1ccc(Cl)cc1Br. The van der Waals surface area contributed by atoms with Crippen molar-refractivity contribution in [3.8, 4) is 0 Å². The van der Waals surface area contributed by atoms with Crippen molar-refractivity contribution in [2.75, 3.05) is 6.54 Å². The summed E-state index contributed by atoms with van der Waals surface area (Å²) in [5, 5.41) is 3.86. The molecular weight excluding hydrogens is 360 g/mol. The van der Waals surface area contributed by atoms with Gasteiger partial charge in [-0.2, -0.15) is 0 Å². The van der Waals surface area contributed by atoms with E-state index in [1.54, 1.807) is 12.1 Å². The van der Waals surface area contributed by atoms with Gasteiger partial charge in [0.1, 0.15) is 11.6 Å². The number of likely N-dealkylation sites (N-methyl/N-ethyl adjacent to an activating group) is 1. The minimum absolute atomic E-state index is 0.0882.